The zero-order valence-electron chi connectivity index (χ0n) is 17.9. The summed E-state index contributed by atoms with van der Waals surface area (Å²) in [5.74, 6) is -1.85. The van der Waals surface area contributed by atoms with Crippen molar-refractivity contribution in [2.75, 3.05) is 26.2 Å². The molecular weight excluding hydrogens is 394 g/mol. The van der Waals surface area contributed by atoms with Crippen molar-refractivity contribution in [2.45, 2.75) is 38.4 Å². The number of carboxylic acid groups (broad SMARTS) is 1. The Labute approximate surface area is 182 Å². The van der Waals surface area contributed by atoms with Gasteiger partial charge in [-0.25, -0.2) is 4.79 Å². The largest absolute Gasteiger partial charge is 0.481 e. The Balaban J connectivity index is 1.42. The minimum Gasteiger partial charge on any atom is -0.481 e. The predicted octanol–water partition coefficient (Wildman–Crippen LogP) is 3.63. The highest BCUT2D eigenvalue weighted by molar-refractivity contribution is 5.91. The Morgan fingerprint density at radius 3 is 2.58 bits per heavy atom. The maximum absolute atomic E-state index is 12.3. The Morgan fingerprint density at radius 2 is 1.84 bits per heavy atom. The number of carbonyl (C=O) groups is 2. The third-order valence-electron chi connectivity index (χ3n) is 6.48. The lowest BCUT2D eigenvalue weighted by Crippen LogP contribution is -2.45. The van der Waals surface area contributed by atoms with Crippen molar-refractivity contribution in [3.05, 3.63) is 70.8 Å². The number of aliphatic carboxylic acids is 1. The van der Waals surface area contributed by atoms with E-state index in [9.17, 15) is 14.7 Å². The number of esters is 1. The molecule has 2 aliphatic heterocycles. The lowest BCUT2D eigenvalue weighted by molar-refractivity contribution is -0.143. The summed E-state index contributed by atoms with van der Waals surface area (Å²) < 4.78 is 11.4. The van der Waals surface area contributed by atoms with Crippen molar-refractivity contribution in [1.29, 1.82) is 0 Å². The van der Waals surface area contributed by atoms with Gasteiger partial charge >= 0.3 is 11.9 Å². The molecular formula is C25H29NO5. The molecule has 1 unspecified atom stereocenters. The van der Waals surface area contributed by atoms with Gasteiger partial charge in [-0.15, -0.1) is 0 Å². The first kappa shape index (κ1) is 21.5. The molecule has 31 heavy (non-hydrogen) atoms. The Kier molecular flexibility index (Phi) is 6.39. The number of hydrogen-bond donors (Lipinski definition) is 1. The number of rotatable bonds is 7. The average molecular weight is 424 g/mol. The van der Waals surface area contributed by atoms with Crippen molar-refractivity contribution in [2.24, 2.45) is 5.92 Å². The maximum Gasteiger partial charge on any atom is 0.338 e. The quantitative estimate of drug-likeness (QED) is 0.686. The van der Waals surface area contributed by atoms with E-state index in [0.29, 0.717) is 25.1 Å². The fraction of sp³-hybridized carbons (Fsp3) is 0.440. The SMILES string of the molecule is CCOC(=O)c1ccccc1CC(CN1CCC2(CC1)OCc1ccccc12)C(=O)O. The van der Waals surface area contributed by atoms with Crippen molar-refractivity contribution >= 4 is 11.9 Å². The van der Waals surface area contributed by atoms with Crippen LogP contribution < -0.4 is 0 Å². The first-order valence-electron chi connectivity index (χ1n) is 10.9. The number of carbonyl (C=O) groups excluding carboxylic acids is 1. The summed E-state index contributed by atoms with van der Waals surface area (Å²) in [4.78, 5) is 26.5. The van der Waals surface area contributed by atoms with E-state index < -0.39 is 17.9 Å². The molecule has 4 rings (SSSR count). The van der Waals surface area contributed by atoms with Crippen LogP contribution in [0.1, 0.15) is 46.8 Å². The fourth-order valence-electron chi connectivity index (χ4n) is 4.81. The monoisotopic (exact) mass is 423 g/mol. The van der Waals surface area contributed by atoms with Crippen LogP contribution in [0.5, 0.6) is 0 Å². The first-order valence-corrected chi connectivity index (χ1v) is 10.9. The number of carboxylic acids is 1. The summed E-state index contributed by atoms with van der Waals surface area (Å²) in [6, 6.07) is 15.5. The maximum atomic E-state index is 12.3. The van der Waals surface area contributed by atoms with E-state index in [1.807, 2.05) is 18.2 Å². The summed E-state index contributed by atoms with van der Waals surface area (Å²) in [5, 5.41) is 9.87. The van der Waals surface area contributed by atoms with Gasteiger partial charge in [0, 0.05) is 19.6 Å². The van der Waals surface area contributed by atoms with Gasteiger partial charge in [0.15, 0.2) is 0 Å². The second-order valence-corrected chi connectivity index (χ2v) is 8.36. The van der Waals surface area contributed by atoms with Gasteiger partial charge < -0.3 is 19.5 Å². The van der Waals surface area contributed by atoms with Gasteiger partial charge in [-0.05, 0) is 48.9 Å². The Hall–Kier alpha value is -2.70. The van der Waals surface area contributed by atoms with Gasteiger partial charge in [0.1, 0.15) is 0 Å². The number of benzene rings is 2. The van der Waals surface area contributed by atoms with E-state index in [0.717, 1.165) is 31.5 Å². The van der Waals surface area contributed by atoms with E-state index in [-0.39, 0.29) is 12.2 Å². The molecule has 1 spiro atoms. The van der Waals surface area contributed by atoms with Gasteiger partial charge in [0.25, 0.3) is 0 Å². The minimum atomic E-state index is -0.846. The first-order chi connectivity index (χ1) is 15.0. The molecule has 0 saturated carbocycles. The Morgan fingerprint density at radius 1 is 1.13 bits per heavy atom. The number of fused-ring (bicyclic) bond motifs is 2. The average Bonchev–Trinajstić information content (AvgIpc) is 3.13. The molecule has 2 heterocycles. The summed E-state index contributed by atoms with van der Waals surface area (Å²) in [6.07, 6.45) is 2.01. The van der Waals surface area contributed by atoms with E-state index >= 15 is 0 Å². The second-order valence-electron chi connectivity index (χ2n) is 8.36. The lowest BCUT2D eigenvalue weighted by atomic mass is 9.83. The molecule has 2 aliphatic rings. The highest BCUT2D eigenvalue weighted by atomic mass is 16.5. The van der Waals surface area contributed by atoms with E-state index in [1.54, 1.807) is 19.1 Å². The molecule has 1 saturated heterocycles. The van der Waals surface area contributed by atoms with Gasteiger partial charge in [0.05, 0.1) is 30.3 Å². The normalized spacial score (nSPS) is 18.5. The standard InChI is InChI=1S/C25H29NO5/c1-2-30-24(29)21-9-5-3-7-18(21)15-20(23(27)28)16-26-13-11-25(12-14-26)22-10-6-4-8-19(22)17-31-25/h3-10,20H,2,11-17H2,1H3,(H,27,28). The van der Waals surface area contributed by atoms with Crippen molar-refractivity contribution < 1.29 is 24.2 Å². The smallest absolute Gasteiger partial charge is 0.338 e. The molecule has 6 nitrogen and oxygen atoms in total. The van der Waals surface area contributed by atoms with Crippen molar-refractivity contribution in [3.8, 4) is 0 Å². The highest BCUT2D eigenvalue weighted by Gasteiger charge is 2.42. The van der Waals surface area contributed by atoms with Crippen LogP contribution in [0.2, 0.25) is 0 Å². The number of ether oxygens (including phenoxy) is 2. The zero-order chi connectivity index (χ0) is 21.8. The van der Waals surface area contributed by atoms with E-state index in [1.165, 1.54) is 11.1 Å². The summed E-state index contributed by atoms with van der Waals surface area (Å²) in [7, 11) is 0. The summed E-state index contributed by atoms with van der Waals surface area (Å²) in [5.41, 5.74) is 3.48. The fourth-order valence-corrected chi connectivity index (χ4v) is 4.81. The molecule has 1 N–H and O–H groups in total. The molecule has 2 aromatic rings. The van der Waals surface area contributed by atoms with Crippen LogP contribution in [0.4, 0.5) is 0 Å². The third kappa shape index (κ3) is 4.50. The van der Waals surface area contributed by atoms with Crippen LogP contribution in [0.15, 0.2) is 48.5 Å². The molecule has 1 fully saturated rings. The van der Waals surface area contributed by atoms with Crippen LogP contribution in [0.25, 0.3) is 0 Å². The lowest BCUT2D eigenvalue weighted by Gasteiger charge is -2.40. The Bertz CT molecular complexity index is 948. The van der Waals surface area contributed by atoms with Crippen LogP contribution in [-0.4, -0.2) is 48.2 Å². The minimum absolute atomic E-state index is 0.234. The van der Waals surface area contributed by atoms with Crippen LogP contribution in [0, 0.1) is 5.92 Å². The van der Waals surface area contributed by atoms with Gasteiger partial charge in [0.2, 0.25) is 0 Å². The molecule has 1 atom stereocenters. The molecule has 0 aliphatic carbocycles. The molecule has 0 bridgehead atoms. The van der Waals surface area contributed by atoms with Crippen molar-refractivity contribution in [1.82, 2.24) is 4.90 Å². The summed E-state index contributed by atoms with van der Waals surface area (Å²) in [6.45, 7) is 4.73. The predicted molar refractivity (Wildman–Crippen MR) is 116 cm³/mol. The molecule has 0 aromatic heterocycles. The van der Waals surface area contributed by atoms with E-state index in [2.05, 4.69) is 23.1 Å². The number of hydrogen-bond acceptors (Lipinski definition) is 5. The topological polar surface area (TPSA) is 76.1 Å². The van der Waals surface area contributed by atoms with Crippen LogP contribution in [-0.2, 0) is 32.9 Å². The van der Waals surface area contributed by atoms with Crippen LogP contribution >= 0.6 is 0 Å². The van der Waals surface area contributed by atoms with Crippen LogP contribution in [0.3, 0.4) is 0 Å². The molecule has 164 valence electrons. The molecule has 6 heteroatoms. The number of piperidine rings is 1. The molecule has 0 radical (unpaired) electrons. The highest BCUT2D eigenvalue weighted by Crippen LogP contribution is 2.44. The van der Waals surface area contributed by atoms with Gasteiger partial charge in [-0.1, -0.05) is 42.5 Å². The van der Waals surface area contributed by atoms with E-state index in [4.69, 9.17) is 9.47 Å². The number of nitrogens with zero attached hydrogens (tertiary/aromatic N) is 1. The van der Waals surface area contributed by atoms with Crippen molar-refractivity contribution in [3.63, 3.8) is 0 Å². The summed E-state index contributed by atoms with van der Waals surface area (Å²) >= 11 is 0. The third-order valence-corrected chi connectivity index (χ3v) is 6.48. The zero-order valence-corrected chi connectivity index (χ0v) is 17.9. The van der Waals surface area contributed by atoms with Gasteiger partial charge in [-0.3, -0.25) is 4.79 Å². The molecule has 2 aromatic carbocycles. The number of likely N-dealkylation sites (tertiary alicyclic amines) is 1. The second kappa shape index (κ2) is 9.20. The van der Waals surface area contributed by atoms with Gasteiger partial charge in [-0.2, -0.15) is 0 Å². The molecule has 0 amide bonds.